The van der Waals surface area contributed by atoms with E-state index in [1.165, 1.54) is 16.9 Å². The summed E-state index contributed by atoms with van der Waals surface area (Å²) in [7, 11) is 3.84. The molecule has 3 rings (SSSR count). The average molecular weight is 352 g/mol. The molecule has 128 valence electrons. The van der Waals surface area contributed by atoms with E-state index >= 15 is 0 Å². The Morgan fingerprint density at radius 3 is 2.60 bits per heavy atom. The number of carbonyl (C=O) groups excluding carboxylic acids is 1. The largest absolute Gasteiger partial charge is 0.363 e. The Labute approximate surface area is 151 Å². The number of hydrogen-bond donors (Lipinski definition) is 1. The fraction of sp³-hybridized carbons (Fsp3) is 0.211. The van der Waals surface area contributed by atoms with Gasteiger partial charge in [0.1, 0.15) is 16.5 Å². The van der Waals surface area contributed by atoms with Crippen LogP contribution in [0.15, 0.2) is 41.9 Å². The highest BCUT2D eigenvalue weighted by Crippen LogP contribution is 2.27. The van der Waals surface area contributed by atoms with Crippen LogP contribution in [0.3, 0.4) is 0 Å². The van der Waals surface area contributed by atoms with Gasteiger partial charge < -0.3 is 10.2 Å². The SMILES string of the molecule is Cc1ccc(-c2nc(C(=O)Nc3ccc(N(C)C)nc3)cs2)c(C)c1. The first-order valence-electron chi connectivity index (χ1n) is 7.92. The summed E-state index contributed by atoms with van der Waals surface area (Å²) in [6.45, 7) is 4.12. The predicted octanol–water partition coefficient (Wildman–Crippen LogP) is 4.14. The van der Waals surface area contributed by atoms with Crippen LogP contribution in [0.5, 0.6) is 0 Å². The highest BCUT2D eigenvalue weighted by Gasteiger charge is 2.13. The molecule has 1 N–H and O–H groups in total. The third-order valence-electron chi connectivity index (χ3n) is 3.81. The number of aromatic nitrogens is 2. The first-order chi connectivity index (χ1) is 11.9. The lowest BCUT2D eigenvalue weighted by molar-refractivity contribution is 0.102. The quantitative estimate of drug-likeness (QED) is 0.767. The number of aryl methyl sites for hydroxylation is 2. The standard InChI is InChI=1S/C19H20N4OS/c1-12-5-7-15(13(2)9-12)19-22-16(11-25-19)18(24)21-14-6-8-17(20-10-14)23(3)4/h5-11H,1-4H3,(H,21,24). The minimum Gasteiger partial charge on any atom is -0.363 e. The Balaban J connectivity index is 1.76. The first-order valence-corrected chi connectivity index (χ1v) is 8.80. The van der Waals surface area contributed by atoms with Crippen molar-refractivity contribution < 1.29 is 4.79 Å². The van der Waals surface area contributed by atoms with Gasteiger partial charge in [0.2, 0.25) is 0 Å². The number of nitrogens with one attached hydrogen (secondary N) is 1. The fourth-order valence-corrected chi connectivity index (χ4v) is 3.37. The molecular formula is C19H20N4OS. The van der Waals surface area contributed by atoms with Crippen LogP contribution in [0.2, 0.25) is 0 Å². The van der Waals surface area contributed by atoms with Gasteiger partial charge in [-0.25, -0.2) is 9.97 Å². The number of amides is 1. The second-order valence-corrected chi connectivity index (χ2v) is 6.97. The summed E-state index contributed by atoms with van der Waals surface area (Å²) in [6, 6.07) is 9.92. The maximum atomic E-state index is 12.4. The van der Waals surface area contributed by atoms with Crippen molar-refractivity contribution in [2.24, 2.45) is 0 Å². The molecule has 6 heteroatoms. The van der Waals surface area contributed by atoms with Crippen LogP contribution >= 0.6 is 11.3 Å². The zero-order valence-corrected chi connectivity index (χ0v) is 15.5. The van der Waals surface area contributed by atoms with Crippen LogP contribution < -0.4 is 10.2 Å². The van der Waals surface area contributed by atoms with Crippen LogP contribution in [0, 0.1) is 13.8 Å². The molecule has 2 aromatic heterocycles. The highest BCUT2D eigenvalue weighted by molar-refractivity contribution is 7.13. The zero-order chi connectivity index (χ0) is 18.0. The molecule has 0 aliphatic rings. The van der Waals surface area contributed by atoms with Gasteiger partial charge in [-0.1, -0.05) is 23.8 Å². The minimum absolute atomic E-state index is 0.230. The summed E-state index contributed by atoms with van der Waals surface area (Å²) >= 11 is 1.47. The molecule has 25 heavy (non-hydrogen) atoms. The topological polar surface area (TPSA) is 58.1 Å². The van der Waals surface area contributed by atoms with E-state index in [-0.39, 0.29) is 5.91 Å². The number of anilines is 2. The molecule has 0 aliphatic carbocycles. The minimum atomic E-state index is -0.230. The maximum Gasteiger partial charge on any atom is 0.275 e. The van der Waals surface area contributed by atoms with Crippen LogP contribution in [-0.4, -0.2) is 30.0 Å². The molecule has 5 nitrogen and oxygen atoms in total. The molecule has 0 aliphatic heterocycles. The van der Waals surface area contributed by atoms with Gasteiger partial charge in [-0.05, 0) is 31.5 Å². The van der Waals surface area contributed by atoms with Gasteiger partial charge in [-0.15, -0.1) is 11.3 Å². The van der Waals surface area contributed by atoms with Crippen LogP contribution in [0.4, 0.5) is 11.5 Å². The zero-order valence-electron chi connectivity index (χ0n) is 14.7. The first kappa shape index (κ1) is 17.1. The van der Waals surface area contributed by atoms with Crippen LogP contribution in [-0.2, 0) is 0 Å². The molecule has 1 aromatic carbocycles. The van der Waals surface area contributed by atoms with Crippen molar-refractivity contribution in [3.05, 3.63) is 58.7 Å². The number of nitrogens with zero attached hydrogens (tertiary/aromatic N) is 3. The van der Waals surface area contributed by atoms with Crippen molar-refractivity contribution in [3.8, 4) is 10.6 Å². The summed E-state index contributed by atoms with van der Waals surface area (Å²) in [5.41, 5.74) is 4.49. The molecule has 0 fully saturated rings. The fourth-order valence-electron chi connectivity index (χ4n) is 2.47. The van der Waals surface area contributed by atoms with Crippen LogP contribution in [0.1, 0.15) is 21.6 Å². The van der Waals surface area contributed by atoms with E-state index in [1.807, 2.05) is 31.1 Å². The van der Waals surface area contributed by atoms with Gasteiger partial charge in [0, 0.05) is 25.0 Å². The van der Waals surface area contributed by atoms with Gasteiger partial charge in [-0.3, -0.25) is 4.79 Å². The number of rotatable bonds is 4. The van der Waals surface area contributed by atoms with Gasteiger partial charge in [0.15, 0.2) is 0 Å². The number of thiazole rings is 1. The Bertz CT molecular complexity index is 900. The second kappa shape index (κ2) is 7.03. The normalized spacial score (nSPS) is 10.6. The van der Waals surface area contributed by atoms with E-state index in [1.54, 1.807) is 11.6 Å². The third-order valence-corrected chi connectivity index (χ3v) is 4.69. The van der Waals surface area contributed by atoms with Gasteiger partial charge >= 0.3 is 0 Å². The Morgan fingerprint density at radius 1 is 1.16 bits per heavy atom. The van der Waals surface area contributed by atoms with Crippen molar-refractivity contribution >= 4 is 28.7 Å². The molecule has 2 heterocycles. The van der Waals surface area contributed by atoms with Gasteiger partial charge in [0.25, 0.3) is 5.91 Å². The highest BCUT2D eigenvalue weighted by atomic mass is 32.1. The molecule has 0 unspecified atom stereocenters. The van der Waals surface area contributed by atoms with Crippen LogP contribution in [0.25, 0.3) is 10.6 Å². The smallest absolute Gasteiger partial charge is 0.275 e. The van der Waals surface area contributed by atoms with Gasteiger partial charge in [0.05, 0.1) is 11.9 Å². The van der Waals surface area contributed by atoms with E-state index in [4.69, 9.17) is 0 Å². The number of hydrogen-bond acceptors (Lipinski definition) is 5. The van der Waals surface area contributed by atoms with E-state index in [2.05, 4.69) is 47.3 Å². The Kier molecular flexibility index (Phi) is 4.81. The second-order valence-electron chi connectivity index (χ2n) is 6.11. The Morgan fingerprint density at radius 2 is 1.96 bits per heavy atom. The lowest BCUT2D eigenvalue weighted by atomic mass is 10.1. The molecule has 3 aromatic rings. The van der Waals surface area contributed by atoms with Crippen molar-refractivity contribution in [1.29, 1.82) is 0 Å². The molecular weight excluding hydrogens is 332 g/mol. The molecule has 0 saturated carbocycles. The van der Waals surface area contributed by atoms with Crippen molar-refractivity contribution in [3.63, 3.8) is 0 Å². The maximum absolute atomic E-state index is 12.4. The van der Waals surface area contributed by atoms with E-state index < -0.39 is 0 Å². The van der Waals surface area contributed by atoms with Crippen molar-refractivity contribution in [2.45, 2.75) is 13.8 Å². The molecule has 0 bridgehead atoms. The lowest BCUT2D eigenvalue weighted by Gasteiger charge is -2.11. The van der Waals surface area contributed by atoms with E-state index in [0.29, 0.717) is 11.4 Å². The molecule has 0 saturated heterocycles. The van der Waals surface area contributed by atoms with Gasteiger partial charge in [-0.2, -0.15) is 0 Å². The number of carbonyl (C=O) groups is 1. The van der Waals surface area contributed by atoms with Crippen molar-refractivity contribution in [1.82, 2.24) is 9.97 Å². The predicted molar refractivity (Wildman–Crippen MR) is 104 cm³/mol. The third kappa shape index (κ3) is 3.85. The molecule has 0 atom stereocenters. The molecule has 0 spiro atoms. The van der Waals surface area contributed by atoms with E-state index in [0.717, 1.165) is 22.0 Å². The number of benzene rings is 1. The summed E-state index contributed by atoms with van der Waals surface area (Å²) in [5, 5.41) is 5.47. The summed E-state index contributed by atoms with van der Waals surface area (Å²) in [6.07, 6.45) is 1.64. The summed E-state index contributed by atoms with van der Waals surface area (Å²) in [4.78, 5) is 23.1. The van der Waals surface area contributed by atoms with Crippen molar-refractivity contribution in [2.75, 3.05) is 24.3 Å². The summed E-state index contributed by atoms with van der Waals surface area (Å²) < 4.78 is 0. The number of pyridine rings is 1. The average Bonchev–Trinajstić information content (AvgIpc) is 3.05. The van der Waals surface area contributed by atoms with E-state index in [9.17, 15) is 4.79 Å². The molecule has 1 amide bonds. The molecule has 0 radical (unpaired) electrons. The lowest BCUT2D eigenvalue weighted by Crippen LogP contribution is -2.14. The monoisotopic (exact) mass is 352 g/mol. The Hall–Kier alpha value is -2.73. The summed E-state index contributed by atoms with van der Waals surface area (Å²) in [5.74, 6) is 0.607.